The highest BCUT2D eigenvalue weighted by Crippen LogP contribution is 2.50. The molecule has 1 aliphatic heterocycles. The molecular formula is C16H22BrNO2. The normalized spacial score (nSPS) is 34.0. The maximum Gasteiger partial charge on any atom is 0.133 e. The number of piperidine rings is 1. The van der Waals surface area contributed by atoms with E-state index in [0.717, 1.165) is 36.0 Å². The third kappa shape index (κ3) is 2.00. The van der Waals surface area contributed by atoms with Crippen LogP contribution in [0.5, 0.6) is 5.75 Å². The van der Waals surface area contributed by atoms with Crippen molar-refractivity contribution in [2.75, 3.05) is 20.7 Å². The number of aliphatic hydroxyl groups excluding tert-OH is 1. The first-order chi connectivity index (χ1) is 9.60. The van der Waals surface area contributed by atoms with Crippen molar-refractivity contribution in [1.82, 2.24) is 4.90 Å². The summed E-state index contributed by atoms with van der Waals surface area (Å²) < 4.78 is 6.43. The first-order valence-electron chi connectivity index (χ1n) is 7.31. The minimum absolute atomic E-state index is 0.122. The number of nitrogens with zero attached hydrogens (tertiary/aromatic N) is 1. The van der Waals surface area contributed by atoms with Gasteiger partial charge in [-0.15, -0.1) is 0 Å². The molecule has 4 heteroatoms. The van der Waals surface area contributed by atoms with E-state index in [0.29, 0.717) is 0 Å². The summed E-state index contributed by atoms with van der Waals surface area (Å²) in [7, 11) is 3.82. The molecular weight excluding hydrogens is 318 g/mol. The standard InChI is InChI=1S/C16H22BrNO2/c1-18-10-9-16(8-4-6-12(18)15(16)19)11-5-3-7-13(20-2)14(11)17/h3,5,7,12,15,19H,4,6,8-10H2,1-2H3/t12-,15+,16-/m0/s1. The van der Waals surface area contributed by atoms with Gasteiger partial charge in [0.15, 0.2) is 0 Å². The number of hydrogen-bond acceptors (Lipinski definition) is 3. The number of likely N-dealkylation sites (tertiary alicyclic amines) is 1. The summed E-state index contributed by atoms with van der Waals surface area (Å²) in [5.74, 6) is 0.852. The lowest BCUT2D eigenvalue weighted by atomic mass is 9.61. The number of halogens is 1. The quantitative estimate of drug-likeness (QED) is 0.899. The van der Waals surface area contributed by atoms with Gasteiger partial charge in [-0.05, 0) is 60.4 Å². The van der Waals surface area contributed by atoms with Gasteiger partial charge in [0.2, 0.25) is 0 Å². The summed E-state index contributed by atoms with van der Waals surface area (Å²) in [5, 5.41) is 10.9. The molecule has 1 aromatic rings. The number of benzene rings is 1. The topological polar surface area (TPSA) is 32.7 Å². The highest BCUT2D eigenvalue weighted by molar-refractivity contribution is 9.10. The van der Waals surface area contributed by atoms with Gasteiger partial charge in [0.05, 0.1) is 17.7 Å². The van der Waals surface area contributed by atoms with Gasteiger partial charge in [0.1, 0.15) is 5.75 Å². The SMILES string of the molecule is COc1cccc([C@@]23CCC[C@@H]([C@H]2O)N(C)CC3)c1Br. The zero-order valence-corrected chi connectivity index (χ0v) is 13.7. The Morgan fingerprint density at radius 2 is 2.20 bits per heavy atom. The summed E-state index contributed by atoms with van der Waals surface area (Å²) in [6.07, 6.45) is 4.05. The van der Waals surface area contributed by atoms with E-state index in [-0.39, 0.29) is 17.6 Å². The minimum atomic E-state index is -0.293. The second-order valence-electron chi connectivity index (χ2n) is 6.11. The number of hydrogen-bond donors (Lipinski definition) is 1. The van der Waals surface area contributed by atoms with Crippen molar-refractivity contribution < 1.29 is 9.84 Å². The molecule has 1 N–H and O–H groups in total. The van der Waals surface area contributed by atoms with Crippen molar-refractivity contribution in [3.05, 3.63) is 28.2 Å². The van der Waals surface area contributed by atoms with E-state index >= 15 is 0 Å². The molecule has 0 amide bonds. The molecule has 3 nitrogen and oxygen atoms in total. The van der Waals surface area contributed by atoms with Gasteiger partial charge in [0, 0.05) is 11.5 Å². The van der Waals surface area contributed by atoms with E-state index in [1.54, 1.807) is 7.11 Å². The summed E-state index contributed by atoms with van der Waals surface area (Å²) in [5.41, 5.74) is 1.09. The van der Waals surface area contributed by atoms with Gasteiger partial charge in [-0.1, -0.05) is 18.6 Å². The molecule has 110 valence electrons. The Kier molecular flexibility index (Phi) is 3.82. The molecule has 3 atom stereocenters. The molecule has 0 aromatic heterocycles. The van der Waals surface area contributed by atoms with E-state index in [1.807, 2.05) is 12.1 Å². The van der Waals surface area contributed by atoms with E-state index in [2.05, 4.69) is 33.9 Å². The second-order valence-corrected chi connectivity index (χ2v) is 6.91. The second kappa shape index (κ2) is 5.32. The van der Waals surface area contributed by atoms with Crippen LogP contribution in [0.3, 0.4) is 0 Å². The van der Waals surface area contributed by atoms with Gasteiger partial charge in [-0.25, -0.2) is 0 Å². The average Bonchev–Trinajstić information content (AvgIpc) is 2.44. The molecule has 2 fully saturated rings. The molecule has 1 aliphatic carbocycles. The molecule has 2 aliphatic rings. The molecule has 3 rings (SSSR count). The van der Waals surface area contributed by atoms with E-state index in [1.165, 1.54) is 12.0 Å². The van der Waals surface area contributed by atoms with Crippen LogP contribution < -0.4 is 4.74 Å². The molecule has 0 spiro atoms. The first-order valence-corrected chi connectivity index (χ1v) is 8.11. The summed E-state index contributed by atoms with van der Waals surface area (Å²) in [6.45, 7) is 1.05. The van der Waals surface area contributed by atoms with Crippen LogP contribution >= 0.6 is 15.9 Å². The van der Waals surface area contributed by atoms with Gasteiger partial charge in [-0.2, -0.15) is 0 Å². The van der Waals surface area contributed by atoms with Crippen molar-refractivity contribution in [2.24, 2.45) is 0 Å². The van der Waals surface area contributed by atoms with Gasteiger partial charge in [0.25, 0.3) is 0 Å². The number of aliphatic hydroxyl groups is 1. The number of rotatable bonds is 2. The average molecular weight is 340 g/mol. The Balaban J connectivity index is 2.07. The molecule has 20 heavy (non-hydrogen) atoms. The van der Waals surface area contributed by atoms with Crippen molar-refractivity contribution in [3.63, 3.8) is 0 Å². The molecule has 1 aromatic carbocycles. The maximum absolute atomic E-state index is 10.9. The lowest BCUT2D eigenvalue weighted by Gasteiger charge is -2.53. The first kappa shape index (κ1) is 14.4. The van der Waals surface area contributed by atoms with Gasteiger partial charge >= 0.3 is 0 Å². The zero-order valence-electron chi connectivity index (χ0n) is 12.1. The lowest BCUT2D eigenvalue weighted by molar-refractivity contribution is -0.0676. The monoisotopic (exact) mass is 339 g/mol. The Hall–Kier alpha value is -0.580. The largest absolute Gasteiger partial charge is 0.496 e. The van der Waals surface area contributed by atoms with Crippen LogP contribution in [0.15, 0.2) is 22.7 Å². The summed E-state index contributed by atoms with van der Waals surface area (Å²) in [6, 6.07) is 6.42. The highest BCUT2D eigenvalue weighted by atomic mass is 79.9. The van der Waals surface area contributed by atoms with E-state index < -0.39 is 0 Å². The molecule has 1 saturated carbocycles. The third-order valence-electron chi connectivity index (χ3n) is 5.25. The van der Waals surface area contributed by atoms with Crippen LogP contribution in [0, 0.1) is 0 Å². The molecule has 2 bridgehead atoms. The summed E-state index contributed by atoms with van der Waals surface area (Å²) in [4.78, 5) is 2.32. The lowest BCUT2D eigenvalue weighted by Crippen LogP contribution is -2.61. The zero-order chi connectivity index (χ0) is 14.3. The van der Waals surface area contributed by atoms with Crippen LogP contribution in [0.4, 0.5) is 0 Å². The van der Waals surface area contributed by atoms with Crippen molar-refractivity contribution in [1.29, 1.82) is 0 Å². The van der Waals surface area contributed by atoms with E-state index in [9.17, 15) is 5.11 Å². The predicted octanol–water partition coefficient (Wildman–Crippen LogP) is 2.94. The smallest absolute Gasteiger partial charge is 0.133 e. The Morgan fingerprint density at radius 3 is 2.95 bits per heavy atom. The van der Waals surface area contributed by atoms with Gasteiger partial charge in [-0.3, -0.25) is 0 Å². The van der Waals surface area contributed by atoms with Crippen molar-refractivity contribution in [2.45, 2.75) is 43.2 Å². The molecule has 1 heterocycles. The van der Waals surface area contributed by atoms with Crippen LogP contribution in [0.1, 0.15) is 31.2 Å². The van der Waals surface area contributed by atoms with Crippen LogP contribution in [-0.2, 0) is 5.41 Å². The van der Waals surface area contributed by atoms with Gasteiger partial charge < -0.3 is 14.7 Å². The van der Waals surface area contributed by atoms with Crippen LogP contribution in [-0.4, -0.2) is 42.9 Å². The molecule has 0 unspecified atom stereocenters. The van der Waals surface area contributed by atoms with E-state index in [4.69, 9.17) is 4.74 Å². The minimum Gasteiger partial charge on any atom is -0.496 e. The molecule has 0 radical (unpaired) electrons. The fraction of sp³-hybridized carbons (Fsp3) is 0.625. The highest BCUT2D eigenvalue weighted by Gasteiger charge is 2.51. The Bertz CT molecular complexity index is 507. The fourth-order valence-electron chi connectivity index (χ4n) is 4.06. The Labute approximate surface area is 129 Å². The molecule has 1 saturated heterocycles. The maximum atomic E-state index is 10.9. The number of likely N-dealkylation sites (N-methyl/N-ethyl adjacent to an activating group) is 1. The number of methoxy groups -OCH3 is 1. The third-order valence-corrected chi connectivity index (χ3v) is 6.07. The fourth-order valence-corrected chi connectivity index (χ4v) is 4.88. The van der Waals surface area contributed by atoms with Crippen LogP contribution in [0.2, 0.25) is 0 Å². The summed E-state index contributed by atoms with van der Waals surface area (Å²) >= 11 is 3.69. The number of fused-ring (bicyclic) bond motifs is 2. The predicted molar refractivity (Wildman–Crippen MR) is 83.3 cm³/mol. The number of ether oxygens (including phenoxy) is 1. The van der Waals surface area contributed by atoms with Crippen molar-refractivity contribution in [3.8, 4) is 5.75 Å². The Morgan fingerprint density at radius 1 is 1.40 bits per heavy atom. The van der Waals surface area contributed by atoms with Crippen LogP contribution in [0.25, 0.3) is 0 Å². The van der Waals surface area contributed by atoms with Crippen molar-refractivity contribution >= 4 is 15.9 Å².